The van der Waals surface area contributed by atoms with Crippen molar-refractivity contribution in [2.24, 2.45) is 0 Å². The van der Waals surface area contributed by atoms with Crippen molar-refractivity contribution < 1.29 is 17.5 Å². The summed E-state index contributed by atoms with van der Waals surface area (Å²) in [7, 11) is -3.43. The van der Waals surface area contributed by atoms with E-state index in [1.807, 2.05) is 25.1 Å². The summed E-state index contributed by atoms with van der Waals surface area (Å²) < 4.78 is 46.5. The standard InChI is InChI=1S/C19H17FN2O3S/c1-12-2-6-17-15(10-12)18(8-9-21-17)25-19-7-3-13(11-16(19)20)22-26(23,24)14-4-5-14/h2-3,6-11,14,22H,4-5H2,1H3. The summed E-state index contributed by atoms with van der Waals surface area (Å²) in [5, 5.41) is 0.415. The lowest BCUT2D eigenvalue weighted by atomic mass is 10.1. The number of aryl methyl sites for hydroxylation is 1. The van der Waals surface area contributed by atoms with E-state index in [0.29, 0.717) is 18.6 Å². The van der Waals surface area contributed by atoms with Crippen LogP contribution in [0.4, 0.5) is 10.1 Å². The minimum absolute atomic E-state index is 0.0216. The highest BCUT2D eigenvalue weighted by atomic mass is 32.2. The second-order valence-electron chi connectivity index (χ2n) is 6.42. The molecule has 1 fully saturated rings. The lowest BCUT2D eigenvalue weighted by Crippen LogP contribution is -2.17. The summed E-state index contributed by atoms with van der Waals surface area (Å²) in [6.45, 7) is 1.96. The van der Waals surface area contributed by atoms with Crippen molar-refractivity contribution >= 4 is 26.6 Å². The van der Waals surface area contributed by atoms with Crippen molar-refractivity contribution in [3.63, 3.8) is 0 Å². The number of nitrogens with one attached hydrogen (secondary N) is 1. The topological polar surface area (TPSA) is 68.3 Å². The molecule has 0 aliphatic heterocycles. The number of halogens is 1. The van der Waals surface area contributed by atoms with Gasteiger partial charge in [0.25, 0.3) is 0 Å². The SMILES string of the molecule is Cc1ccc2nccc(Oc3ccc(NS(=O)(=O)C4CC4)cc3F)c2c1. The molecule has 7 heteroatoms. The summed E-state index contributed by atoms with van der Waals surface area (Å²) in [6, 6.07) is 11.5. The summed E-state index contributed by atoms with van der Waals surface area (Å²) >= 11 is 0. The molecule has 134 valence electrons. The van der Waals surface area contributed by atoms with Gasteiger partial charge >= 0.3 is 0 Å². The number of fused-ring (bicyclic) bond motifs is 1. The number of sulfonamides is 1. The maximum absolute atomic E-state index is 14.4. The fourth-order valence-corrected chi connectivity index (χ4v) is 4.09. The highest BCUT2D eigenvalue weighted by molar-refractivity contribution is 7.93. The Kier molecular flexibility index (Phi) is 4.03. The first-order valence-electron chi connectivity index (χ1n) is 8.27. The zero-order valence-electron chi connectivity index (χ0n) is 14.1. The van der Waals surface area contributed by atoms with Crippen LogP contribution in [0.1, 0.15) is 18.4 Å². The molecule has 0 bridgehead atoms. The van der Waals surface area contributed by atoms with Crippen LogP contribution in [0.15, 0.2) is 48.7 Å². The van der Waals surface area contributed by atoms with Crippen LogP contribution in [0.25, 0.3) is 10.9 Å². The van der Waals surface area contributed by atoms with E-state index < -0.39 is 15.8 Å². The van der Waals surface area contributed by atoms with Gasteiger partial charge in [-0.15, -0.1) is 0 Å². The van der Waals surface area contributed by atoms with Crippen molar-refractivity contribution in [2.45, 2.75) is 25.0 Å². The molecule has 26 heavy (non-hydrogen) atoms. The van der Waals surface area contributed by atoms with Gasteiger partial charge in [-0.3, -0.25) is 9.71 Å². The Labute approximate surface area is 150 Å². The Morgan fingerprint density at radius 3 is 2.65 bits per heavy atom. The predicted molar refractivity (Wildman–Crippen MR) is 98.5 cm³/mol. The maximum Gasteiger partial charge on any atom is 0.235 e. The van der Waals surface area contributed by atoms with E-state index in [2.05, 4.69) is 9.71 Å². The molecule has 1 saturated carbocycles. The van der Waals surface area contributed by atoms with Gasteiger partial charge in [0.15, 0.2) is 11.6 Å². The molecule has 4 rings (SSSR count). The van der Waals surface area contributed by atoms with E-state index in [4.69, 9.17) is 4.74 Å². The number of hydrogen-bond acceptors (Lipinski definition) is 4. The molecule has 5 nitrogen and oxygen atoms in total. The Morgan fingerprint density at radius 2 is 1.92 bits per heavy atom. The Hall–Kier alpha value is -2.67. The zero-order valence-corrected chi connectivity index (χ0v) is 14.9. The highest BCUT2D eigenvalue weighted by Crippen LogP contribution is 2.33. The molecular formula is C19H17FN2O3S. The van der Waals surface area contributed by atoms with E-state index in [1.165, 1.54) is 12.1 Å². The van der Waals surface area contributed by atoms with E-state index >= 15 is 0 Å². The second-order valence-corrected chi connectivity index (χ2v) is 8.38. The van der Waals surface area contributed by atoms with Crippen LogP contribution < -0.4 is 9.46 Å². The quantitative estimate of drug-likeness (QED) is 0.722. The molecule has 3 aromatic rings. The molecule has 2 aromatic carbocycles. The first-order chi connectivity index (χ1) is 12.4. The molecule has 1 aliphatic rings. The minimum atomic E-state index is -3.43. The average molecular weight is 372 g/mol. The molecule has 0 radical (unpaired) electrons. The van der Waals surface area contributed by atoms with Gasteiger partial charge in [-0.2, -0.15) is 0 Å². The molecule has 0 amide bonds. The zero-order chi connectivity index (χ0) is 18.3. The van der Waals surface area contributed by atoms with Gasteiger partial charge in [-0.05, 0) is 50.1 Å². The van der Waals surface area contributed by atoms with Gasteiger partial charge in [0, 0.05) is 17.6 Å². The molecule has 0 saturated heterocycles. The van der Waals surface area contributed by atoms with E-state index in [-0.39, 0.29) is 16.7 Å². The van der Waals surface area contributed by atoms with Crippen LogP contribution in [0, 0.1) is 12.7 Å². The van der Waals surface area contributed by atoms with Crippen LogP contribution in [-0.2, 0) is 10.0 Å². The van der Waals surface area contributed by atoms with Crippen molar-refractivity contribution in [1.82, 2.24) is 4.98 Å². The molecule has 1 heterocycles. The van der Waals surface area contributed by atoms with E-state index in [1.54, 1.807) is 12.3 Å². The number of ether oxygens (including phenoxy) is 1. The Bertz CT molecular complexity index is 1100. The molecule has 0 atom stereocenters. The highest BCUT2D eigenvalue weighted by Gasteiger charge is 2.35. The van der Waals surface area contributed by atoms with Crippen LogP contribution in [0.3, 0.4) is 0 Å². The molecule has 1 aromatic heterocycles. The number of aromatic nitrogens is 1. The third kappa shape index (κ3) is 3.35. The lowest BCUT2D eigenvalue weighted by molar-refractivity contribution is 0.446. The van der Waals surface area contributed by atoms with Crippen LogP contribution in [0.5, 0.6) is 11.5 Å². The smallest absolute Gasteiger partial charge is 0.235 e. The van der Waals surface area contributed by atoms with Gasteiger partial charge in [0.1, 0.15) is 5.75 Å². The van der Waals surface area contributed by atoms with Gasteiger partial charge in [0.2, 0.25) is 10.0 Å². The average Bonchev–Trinajstić information content (AvgIpc) is 3.43. The molecule has 0 spiro atoms. The van der Waals surface area contributed by atoms with Gasteiger partial charge in [0.05, 0.1) is 16.5 Å². The fourth-order valence-electron chi connectivity index (χ4n) is 2.72. The maximum atomic E-state index is 14.4. The van der Waals surface area contributed by atoms with E-state index in [0.717, 1.165) is 22.5 Å². The molecule has 1 aliphatic carbocycles. The third-order valence-corrected chi connectivity index (χ3v) is 6.10. The van der Waals surface area contributed by atoms with Crippen molar-refractivity contribution in [3.05, 3.63) is 60.0 Å². The number of anilines is 1. The Morgan fingerprint density at radius 1 is 1.12 bits per heavy atom. The van der Waals surface area contributed by atoms with Gasteiger partial charge in [-0.25, -0.2) is 12.8 Å². The summed E-state index contributed by atoms with van der Waals surface area (Å²) in [4.78, 5) is 4.27. The molecule has 1 N–H and O–H groups in total. The Balaban J connectivity index is 1.62. The number of pyridine rings is 1. The van der Waals surface area contributed by atoms with E-state index in [9.17, 15) is 12.8 Å². The third-order valence-electron chi connectivity index (χ3n) is 4.23. The first-order valence-corrected chi connectivity index (χ1v) is 9.81. The lowest BCUT2D eigenvalue weighted by Gasteiger charge is -2.12. The number of benzene rings is 2. The normalized spacial score (nSPS) is 14.4. The largest absolute Gasteiger partial charge is 0.454 e. The van der Waals surface area contributed by atoms with Crippen molar-refractivity contribution in [2.75, 3.05) is 4.72 Å². The van der Waals surface area contributed by atoms with Crippen molar-refractivity contribution in [3.8, 4) is 11.5 Å². The number of rotatable bonds is 5. The van der Waals surface area contributed by atoms with Crippen LogP contribution >= 0.6 is 0 Å². The first kappa shape index (κ1) is 16.8. The second kappa shape index (κ2) is 6.25. The number of hydrogen-bond donors (Lipinski definition) is 1. The predicted octanol–water partition coefficient (Wildman–Crippen LogP) is 4.38. The summed E-state index contributed by atoms with van der Waals surface area (Å²) in [6.07, 6.45) is 2.89. The minimum Gasteiger partial charge on any atom is -0.454 e. The summed E-state index contributed by atoms with van der Waals surface area (Å²) in [5.74, 6) is -0.129. The monoisotopic (exact) mass is 372 g/mol. The van der Waals surface area contributed by atoms with Crippen LogP contribution in [0.2, 0.25) is 0 Å². The van der Waals surface area contributed by atoms with Gasteiger partial charge in [-0.1, -0.05) is 11.6 Å². The van der Waals surface area contributed by atoms with Gasteiger partial charge < -0.3 is 4.74 Å². The van der Waals surface area contributed by atoms with Crippen molar-refractivity contribution in [1.29, 1.82) is 0 Å². The fraction of sp³-hybridized carbons (Fsp3) is 0.211. The molecular weight excluding hydrogens is 355 g/mol. The summed E-state index contributed by atoms with van der Waals surface area (Å²) in [5.41, 5.74) is 1.99. The van der Waals surface area contributed by atoms with Crippen LogP contribution in [-0.4, -0.2) is 18.7 Å². The number of nitrogens with zero attached hydrogens (tertiary/aromatic N) is 1. The molecule has 0 unspecified atom stereocenters.